The molecular weight excluding hydrogens is 973 g/mol. The summed E-state index contributed by atoms with van der Waals surface area (Å²) in [5.74, 6) is 2.20. The number of cyclic esters (lactones) is 1. The van der Waals surface area contributed by atoms with Gasteiger partial charge < -0.3 is 19.9 Å². The van der Waals surface area contributed by atoms with Crippen molar-refractivity contribution in [2.45, 2.75) is 42.8 Å². The topological polar surface area (TPSA) is 212 Å². The molecule has 7 aromatic carbocycles. The van der Waals surface area contributed by atoms with E-state index in [2.05, 4.69) is 27.5 Å². The number of aromatic nitrogens is 4. The molecule has 0 radical (unpaired) electrons. The zero-order chi connectivity index (χ0) is 51.4. The first-order chi connectivity index (χ1) is 36.6. The van der Waals surface area contributed by atoms with Crippen LogP contribution in [0, 0.1) is 27.9 Å². The molecule has 9 aromatic rings. The summed E-state index contributed by atoms with van der Waals surface area (Å²) in [5, 5.41) is 34.0. The van der Waals surface area contributed by atoms with Crippen molar-refractivity contribution in [3.63, 3.8) is 0 Å². The van der Waals surface area contributed by atoms with Gasteiger partial charge in [0.1, 0.15) is 42.0 Å². The van der Waals surface area contributed by atoms with Crippen LogP contribution in [0.25, 0.3) is 21.3 Å². The van der Waals surface area contributed by atoms with Crippen molar-refractivity contribution >= 4 is 73.0 Å². The van der Waals surface area contributed by atoms with Crippen molar-refractivity contribution in [2.24, 2.45) is 5.92 Å². The predicted molar refractivity (Wildman–Crippen MR) is 276 cm³/mol. The summed E-state index contributed by atoms with van der Waals surface area (Å²) in [5.41, 5.74) is 2.53. The molecule has 2 saturated heterocycles. The van der Waals surface area contributed by atoms with Crippen molar-refractivity contribution in [3.05, 3.63) is 219 Å². The van der Waals surface area contributed by atoms with E-state index in [1.165, 1.54) is 47.7 Å². The maximum Gasteiger partial charge on any atom is 0.421 e. The van der Waals surface area contributed by atoms with Gasteiger partial charge in [0.15, 0.2) is 5.13 Å². The van der Waals surface area contributed by atoms with Crippen LogP contribution in [0.5, 0.6) is 5.75 Å². The van der Waals surface area contributed by atoms with Crippen LogP contribution >= 0.6 is 11.3 Å². The number of morpholine rings is 1. The number of phenols is 1. The van der Waals surface area contributed by atoms with Gasteiger partial charge in [0.2, 0.25) is 11.8 Å². The molecule has 2 fully saturated rings. The summed E-state index contributed by atoms with van der Waals surface area (Å²) in [6.45, 7) is -0.254. The maximum atomic E-state index is 16.6. The van der Waals surface area contributed by atoms with Crippen LogP contribution in [0.4, 0.5) is 21.3 Å². The van der Waals surface area contributed by atoms with E-state index in [-0.39, 0.29) is 41.0 Å². The van der Waals surface area contributed by atoms with Crippen LogP contribution in [-0.4, -0.2) is 64.8 Å². The van der Waals surface area contributed by atoms with Crippen LogP contribution in [-0.2, 0) is 42.4 Å². The summed E-state index contributed by atoms with van der Waals surface area (Å²) < 4.78 is 14.9. The molecule has 18 heteroatoms. The van der Waals surface area contributed by atoms with Crippen LogP contribution in [0.2, 0.25) is 0 Å². The number of non-ortho nitro benzene ring substituents is 1. The van der Waals surface area contributed by atoms with Gasteiger partial charge in [-0.1, -0.05) is 125 Å². The smallest absolute Gasteiger partial charge is 0.421 e. The van der Waals surface area contributed by atoms with Gasteiger partial charge in [-0.15, -0.1) is 5.10 Å². The number of nitrogens with zero attached hydrogens (tertiary/aromatic N) is 7. The van der Waals surface area contributed by atoms with Crippen molar-refractivity contribution in [3.8, 4) is 17.6 Å². The van der Waals surface area contributed by atoms with E-state index in [0.29, 0.717) is 38.9 Å². The minimum atomic E-state index is -2.18. The predicted octanol–water partition coefficient (Wildman–Crippen LogP) is 9.35. The Morgan fingerprint density at radius 1 is 0.800 bits per heavy atom. The van der Waals surface area contributed by atoms with Gasteiger partial charge in [0.05, 0.1) is 44.3 Å². The van der Waals surface area contributed by atoms with Crippen LogP contribution in [0.3, 0.4) is 0 Å². The fourth-order valence-electron chi connectivity index (χ4n) is 10.9. The zero-order valence-electron chi connectivity index (χ0n) is 39.3. The summed E-state index contributed by atoms with van der Waals surface area (Å²) in [6.07, 6.45) is -2.10. The van der Waals surface area contributed by atoms with Crippen molar-refractivity contribution < 1.29 is 38.7 Å². The summed E-state index contributed by atoms with van der Waals surface area (Å²) in [6, 6.07) is 46.2. The molecule has 3 aliphatic rings. The first kappa shape index (κ1) is 46.5. The molecule has 3 amide bonds. The fourth-order valence-corrected chi connectivity index (χ4v) is 11.8. The van der Waals surface area contributed by atoms with Gasteiger partial charge in [0, 0.05) is 17.7 Å². The van der Waals surface area contributed by atoms with Crippen LogP contribution in [0.1, 0.15) is 51.6 Å². The molecule has 2 aromatic heterocycles. The molecule has 0 bridgehead atoms. The molecule has 0 unspecified atom stereocenters. The maximum absolute atomic E-state index is 16.6. The summed E-state index contributed by atoms with van der Waals surface area (Å²) in [4.78, 5) is 81.5. The summed E-state index contributed by atoms with van der Waals surface area (Å²) in [7, 11) is 0. The van der Waals surface area contributed by atoms with Gasteiger partial charge in [-0.25, -0.2) is 19.4 Å². The molecule has 368 valence electrons. The molecule has 2 N–H and O–H groups in total. The SMILES string of the molecule is O=C1O[C@H](c2ccccc2)[C@H](c2ccccc2)N2[C@H]1[C@@H](C(=O)Nc1nc3ccccc3s1)[C@]1(C(=O)N(C(=O)OCc3ccc([N+](=O)[O-])cc3)c3ccc(C#CCn4nnc5ccccc54)cc31)[C@H]2c1ccc(O)cc1. The number of aromatic hydroxyl groups is 1. The lowest BCUT2D eigenvalue weighted by molar-refractivity contribution is -0.384. The number of hydrogen-bond acceptors (Lipinski definition) is 14. The van der Waals surface area contributed by atoms with Crippen molar-refractivity contribution in [1.82, 2.24) is 24.9 Å². The van der Waals surface area contributed by atoms with Crippen LogP contribution in [0.15, 0.2) is 176 Å². The normalized spacial score (nSPS) is 20.8. The Balaban J connectivity index is 1.09. The second-order valence-corrected chi connectivity index (χ2v) is 19.3. The van der Waals surface area contributed by atoms with Gasteiger partial charge in [-0.2, -0.15) is 0 Å². The highest BCUT2D eigenvalue weighted by Crippen LogP contribution is 2.66. The number of carbonyl (C=O) groups excluding carboxylic acids is 4. The number of thiazole rings is 1. The molecule has 17 nitrogen and oxygen atoms in total. The number of benzene rings is 7. The van der Waals surface area contributed by atoms with E-state index in [0.717, 1.165) is 15.1 Å². The second kappa shape index (κ2) is 18.8. The van der Waals surface area contributed by atoms with Crippen molar-refractivity contribution in [1.29, 1.82) is 0 Å². The van der Waals surface area contributed by atoms with Gasteiger partial charge in [0.25, 0.3) is 5.69 Å². The number of fused-ring (bicyclic) bond motifs is 5. The van der Waals surface area contributed by atoms with Crippen LogP contribution < -0.4 is 10.2 Å². The number of esters is 1. The number of hydrogen-bond donors (Lipinski definition) is 2. The minimum absolute atomic E-state index is 0.0622. The highest BCUT2D eigenvalue weighted by molar-refractivity contribution is 7.22. The van der Waals surface area contributed by atoms with E-state index in [1.807, 2.05) is 108 Å². The zero-order valence-corrected chi connectivity index (χ0v) is 40.1. The quantitative estimate of drug-likeness (QED) is 0.0598. The monoisotopic (exact) mass is 1010 g/mol. The highest BCUT2D eigenvalue weighted by atomic mass is 32.1. The van der Waals surface area contributed by atoms with Gasteiger partial charge in [-0.05, 0) is 94.5 Å². The molecule has 12 rings (SSSR count). The Bertz CT molecular complexity index is 3770. The largest absolute Gasteiger partial charge is 0.508 e. The molecule has 6 atom stereocenters. The average molecular weight is 1010 g/mol. The number of rotatable bonds is 9. The molecule has 5 heterocycles. The van der Waals surface area contributed by atoms with Gasteiger partial charge >= 0.3 is 12.1 Å². The Hall–Kier alpha value is -9.57. The molecule has 0 saturated carbocycles. The molecule has 75 heavy (non-hydrogen) atoms. The summed E-state index contributed by atoms with van der Waals surface area (Å²) >= 11 is 1.21. The number of amides is 3. The number of nitrogens with one attached hydrogen (secondary N) is 1. The highest BCUT2D eigenvalue weighted by Gasteiger charge is 2.76. The Morgan fingerprint density at radius 2 is 1.49 bits per heavy atom. The van der Waals surface area contributed by atoms with E-state index >= 15 is 14.4 Å². The molecule has 1 spiro atoms. The van der Waals surface area contributed by atoms with E-state index in [1.54, 1.807) is 41.1 Å². The number of nitro benzene ring substituents is 1. The number of para-hydroxylation sites is 2. The standard InChI is InChI=1S/C57H40N8O9S/c66-40-28-24-38(25-29-40)51-57(47(52(67)59-55-58-43-18-8-10-20-46(43)75-55)49-53(68)74-50(37-15-5-2-6-16-37)48(64(49)51)36-13-3-1-4-14-36)41-32-34(12-11-31-62-45-19-9-7-17-42(45)60-61-62)23-30-44(41)63(54(57)69)56(70)73-33-35-21-26-39(27-22-35)65(71)72/h1-10,13-30,32,47-51,66H,31,33H2,(H,58,59,67)/t47-,48-,49-,50+,51+,57-/m0/s1. The first-order valence-electron chi connectivity index (χ1n) is 23.8. The second-order valence-electron chi connectivity index (χ2n) is 18.2. The third-order valence-corrected chi connectivity index (χ3v) is 15.0. The Labute approximate surface area is 430 Å². The third kappa shape index (κ3) is 7.98. The van der Waals surface area contributed by atoms with Gasteiger partial charge in [-0.3, -0.25) is 29.4 Å². The fraction of sp³-hybridized carbons (Fsp3) is 0.140. The number of imide groups is 1. The number of anilines is 2. The number of ether oxygens (including phenoxy) is 2. The molecule has 0 aliphatic carbocycles. The lowest BCUT2D eigenvalue weighted by atomic mass is 9.65. The Morgan fingerprint density at radius 3 is 2.23 bits per heavy atom. The Kier molecular flexibility index (Phi) is 11.7. The first-order valence-corrected chi connectivity index (χ1v) is 24.6. The van der Waals surface area contributed by atoms with E-state index in [4.69, 9.17) is 14.5 Å². The van der Waals surface area contributed by atoms with E-state index < -0.39 is 64.4 Å². The van der Waals surface area contributed by atoms with E-state index in [9.17, 15) is 20.0 Å². The number of carbonyl (C=O) groups is 4. The lowest BCUT2D eigenvalue weighted by Gasteiger charge is -2.46. The average Bonchev–Trinajstić information content (AvgIpc) is 4.29. The third-order valence-electron chi connectivity index (χ3n) is 14.0. The number of nitro groups is 1. The van der Waals surface area contributed by atoms with Crippen molar-refractivity contribution in [2.75, 3.05) is 10.2 Å². The molecular formula is C57H40N8O9S. The lowest BCUT2D eigenvalue weighted by Crippen LogP contribution is -2.54. The minimum Gasteiger partial charge on any atom is -0.508 e. The number of phenolic OH excluding ortho intramolecular Hbond substituents is 1. The molecule has 3 aliphatic heterocycles.